The van der Waals surface area contributed by atoms with Gasteiger partial charge in [-0.15, -0.1) is 0 Å². The number of ketones is 1. The summed E-state index contributed by atoms with van der Waals surface area (Å²) in [6.45, 7) is 17.5. The number of carbonyl (C=O) groups is 1. The molecule has 4 rings (SSSR count). The minimum absolute atomic E-state index is 0.0973. The van der Waals surface area contributed by atoms with Gasteiger partial charge in [-0.3, -0.25) is 4.79 Å². The fraction of sp³-hybridized carbons (Fsp3) is 0.459. The first-order valence-electron chi connectivity index (χ1n) is 16.0. The zero-order chi connectivity index (χ0) is 33.5. The lowest BCUT2D eigenvalue weighted by atomic mass is 9.81. The Balaban J connectivity index is 0.00000271. The summed E-state index contributed by atoms with van der Waals surface area (Å²) in [5, 5.41) is 0. The molecule has 2 heterocycles. The van der Waals surface area contributed by atoms with Gasteiger partial charge >= 0.3 is 0 Å². The smallest absolute Gasteiger partial charge is 0.209 e. The quantitative estimate of drug-likeness (QED) is 0.0783. The highest BCUT2D eigenvalue weighted by molar-refractivity contribution is 7.93. The molecular formula is C37H51N2O4S2+. The van der Waals surface area contributed by atoms with E-state index in [9.17, 15) is 18.1 Å². The fourth-order valence-corrected chi connectivity index (χ4v) is 6.97. The number of hydrogen-bond acceptors (Lipinski definition) is 5. The van der Waals surface area contributed by atoms with Gasteiger partial charge in [-0.05, 0) is 68.7 Å². The Morgan fingerprint density at radius 1 is 0.978 bits per heavy atom. The molecule has 2 N–H and O–H groups in total. The lowest BCUT2D eigenvalue weighted by molar-refractivity contribution is -0.401. The van der Waals surface area contributed by atoms with Crippen LogP contribution in [-0.4, -0.2) is 43.0 Å². The Labute approximate surface area is 277 Å². The Bertz CT molecular complexity index is 1530. The van der Waals surface area contributed by atoms with Crippen LogP contribution in [0.1, 0.15) is 92.2 Å². The molecule has 0 saturated heterocycles. The maximum Gasteiger partial charge on any atom is 0.209 e. The number of unbranched alkanes of at least 4 members (excludes halogenated alkanes) is 2. The van der Waals surface area contributed by atoms with Crippen molar-refractivity contribution in [1.29, 1.82) is 0 Å². The van der Waals surface area contributed by atoms with Gasteiger partial charge in [0.25, 0.3) is 0 Å². The minimum atomic E-state index is -2.01. The van der Waals surface area contributed by atoms with Crippen LogP contribution in [0.5, 0.6) is 0 Å². The van der Waals surface area contributed by atoms with Crippen LogP contribution in [0.15, 0.2) is 82.3 Å². The number of nitrogens with zero attached hydrogens (tertiary/aromatic N) is 2. The monoisotopic (exact) mass is 651 g/mol. The van der Waals surface area contributed by atoms with E-state index in [1.165, 1.54) is 16.9 Å². The molecule has 2 aromatic carbocycles. The minimum Gasteiger partial charge on any atom is -0.344 e. The highest BCUT2D eigenvalue weighted by Crippen LogP contribution is 2.49. The first-order valence-corrected chi connectivity index (χ1v) is 17.9. The van der Waals surface area contributed by atoms with Gasteiger partial charge < -0.3 is 14.0 Å². The predicted octanol–water partition coefficient (Wildman–Crippen LogP) is 9.44. The van der Waals surface area contributed by atoms with Crippen molar-refractivity contribution in [3.05, 3.63) is 83.6 Å². The van der Waals surface area contributed by atoms with Crippen molar-refractivity contribution in [2.24, 2.45) is 5.92 Å². The van der Waals surface area contributed by atoms with Gasteiger partial charge in [0.05, 0.1) is 10.3 Å². The number of carbonyl (C=O) groups excluding carboxylic acids is 1. The van der Waals surface area contributed by atoms with Gasteiger partial charge in [0, 0.05) is 70.3 Å². The van der Waals surface area contributed by atoms with Crippen molar-refractivity contribution in [2.45, 2.75) is 102 Å². The van der Waals surface area contributed by atoms with E-state index in [2.05, 4.69) is 67.5 Å². The first-order chi connectivity index (χ1) is 21.3. The lowest BCUT2D eigenvalue weighted by Gasteiger charge is -2.27. The Morgan fingerprint density at radius 3 is 2.33 bits per heavy atom. The molecule has 0 radical (unpaired) electrons. The van der Waals surface area contributed by atoms with Gasteiger partial charge in [-0.1, -0.05) is 66.2 Å². The van der Waals surface area contributed by atoms with Gasteiger partial charge in [0.15, 0.2) is 16.8 Å². The van der Waals surface area contributed by atoms with Crippen LogP contribution < -0.4 is 4.90 Å². The topological polar surface area (TPSA) is 80.9 Å². The molecule has 2 aliphatic rings. The lowest BCUT2D eigenvalue weighted by Crippen LogP contribution is -2.27. The van der Waals surface area contributed by atoms with E-state index in [0.29, 0.717) is 17.1 Å². The van der Waals surface area contributed by atoms with Crippen LogP contribution >= 0.6 is 12.0 Å². The van der Waals surface area contributed by atoms with E-state index in [-0.39, 0.29) is 16.7 Å². The van der Waals surface area contributed by atoms with Crippen LogP contribution in [-0.2, 0) is 26.7 Å². The summed E-state index contributed by atoms with van der Waals surface area (Å²) in [4.78, 5) is 15.7. The maximum atomic E-state index is 12.0. The SMILES string of the molecule is CC.CC(C)C(=O)CCCCCN1/C(=C/C=C/C=C/C2=[N+](C)c3ccc(S(=O)O)cc3C2(C)C)C(C)(C)c2cc(SO)ccc21. The molecule has 45 heavy (non-hydrogen) atoms. The van der Waals surface area contributed by atoms with Gasteiger partial charge in [-0.25, -0.2) is 4.21 Å². The molecule has 0 fully saturated rings. The normalized spacial score (nSPS) is 18.1. The average molecular weight is 652 g/mol. The molecule has 6 nitrogen and oxygen atoms in total. The van der Waals surface area contributed by atoms with Crippen molar-refractivity contribution >= 4 is 46.0 Å². The molecular weight excluding hydrogens is 601 g/mol. The fourth-order valence-electron chi connectivity index (χ4n) is 6.27. The first kappa shape index (κ1) is 36.7. The molecule has 0 amide bonds. The van der Waals surface area contributed by atoms with E-state index < -0.39 is 11.1 Å². The number of anilines is 1. The summed E-state index contributed by atoms with van der Waals surface area (Å²) in [6, 6.07) is 11.6. The third kappa shape index (κ3) is 7.97. The number of hydrogen-bond donors (Lipinski definition) is 2. The van der Waals surface area contributed by atoms with Crippen LogP contribution in [0.25, 0.3) is 0 Å². The average Bonchev–Trinajstić information content (AvgIpc) is 3.34. The van der Waals surface area contributed by atoms with Crippen LogP contribution in [0.2, 0.25) is 0 Å². The predicted molar refractivity (Wildman–Crippen MR) is 191 cm³/mol. The van der Waals surface area contributed by atoms with Crippen molar-refractivity contribution in [3.63, 3.8) is 0 Å². The van der Waals surface area contributed by atoms with Gasteiger partial charge in [0.2, 0.25) is 5.69 Å². The maximum absolute atomic E-state index is 12.0. The number of allylic oxidation sites excluding steroid dienone is 6. The summed E-state index contributed by atoms with van der Waals surface area (Å²) in [7, 11) is 2.03. The summed E-state index contributed by atoms with van der Waals surface area (Å²) >= 11 is -1.24. The van der Waals surface area contributed by atoms with Crippen LogP contribution in [0.3, 0.4) is 0 Å². The second-order valence-corrected chi connectivity index (χ2v) is 14.4. The number of rotatable bonds is 12. The molecule has 0 spiro atoms. The molecule has 0 bridgehead atoms. The van der Waals surface area contributed by atoms with Crippen LogP contribution in [0, 0.1) is 5.92 Å². The van der Waals surface area contributed by atoms with E-state index in [1.807, 2.05) is 65.1 Å². The number of Topliss-reactive ketones (excluding diaryl/α,β-unsaturated/α-hetero) is 1. The molecule has 1 unspecified atom stereocenters. The Morgan fingerprint density at radius 2 is 1.69 bits per heavy atom. The molecule has 8 heteroatoms. The zero-order valence-electron chi connectivity index (χ0n) is 28.4. The molecule has 0 aromatic heterocycles. The van der Waals surface area contributed by atoms with E-state index in [0.717, 1.165) is 59.7 Å². The van der Waals surface area contributed by atoms with Crippen LogP contribution in [0.4, 0.5) is 11.4 Å². The second kappa shape index (κ2) is 15.7. The zero-order valence-corrected chi connectivity index (χ0v) is 30.0. The molecule has 0 saturated carbocycles. The summed E-state index contributed by atoms with van der Waals surface area (Å²) in [6.07, 6.45) is 14.0. The van der Waals surface area contributed by atoms with E-state index in [4.69, 9.17) is 0 Å². The van der Waals surface area contributed by atoms with Crippen molar-refractivity contribution in [1.82, 2.24) is 0 Å². The second-order valence-electron chi connectivity index (χ2n) is 12.8. The molecule has 0 aliphatic carbocycles. The van der Waals surface area contributed by atoms with Crippen molar-refractivity contribution in [3.8, 4) is 0 Å². The molecule has 1 atom stereocenters. The van der Waals surface area contributed by atoms with Crippen molar-refractivity contribution in [2.75, 3.05) is 18.5 Å². The number of fused-ring (bicyclic) bond motifs is 2. The third-order valence-corrected chi connectivity index (χ3v) is 9.98. The summed E-state index contributed by atoms with van der Waals surface area (Å²) in [5.41, 5.74) is 6.21. The summed E-state index contributed by atoms with van der Waals surface area (Å²) in [5.74, 6) is 0.432. The van der Waals surface area contributed by atoms with Gasteiger partial charge in [0.1, 0.15) is 12.8 Å². The Hall–Kier alpha value is -2.78. The highest BCUT2D eigenvalue weighted by Gasteiger charge is 2.43. The summed E-state index contributed by atoms with van der Waals surface area (Å²) < 4.78 is 33.1. The van der Waals surface area contributed by atoms with Crippen molar-refractivity contribution < 1.29 is 22.7 Å². The van der Waals surface area contributed by atoms with E-state index in [1.54, 1.807) is 6.07 Å². The Kier molecular flexibility index (Phi) is 12.8. The molecule has 244 valence electrons. The highest BCUT2D eigenvalue weighted by atomic mass is 32.2. The standard InChI is InChI=1S/C35H44N2O4S2.C2H6/c1-24(2)31(38)14-10-9-13-21-37-30-19-17-25(42-39)22-27(30)35(5,6)33(37)16-12-8-11-15-32-34(3,4)28-23-26(43(40)41)18-20-29(28)36(32)7;1-2/h8,11-12,15-20,22-24H,9-10,13-14,21H2,1-7H3,(H-,39,40,41);1-2H3/p+1. The number of benzene rings is 2. The largest absolute Gasteiger partial charge is 0.344 e. The van der Waals surface area contributed by atoms with E-state index >= 15 is 0 Å². The molecule has 2 aliphatic heterocycles. The molecule has 2 aromatic rings. The third-order valence-electron chi connectivity index (χ3n) is 8.85. The van der Waals surface area contributed by atoms with Gasteiger partial charge in [-0.2, -0.15) is 4.58 Å².